The highest BCUT2D eigenvalue weighted by molar-refractivity contribution is 5.72. The van der Waals surface area contributed by atoms with E-state index in [1.54, 1.807) is 0 Å². The number of aliphatic hydroxyl groups excluding tert-OH is 7. The number of rotatable bonds is 5. The van der Waals surface area contributed by atoms with Crippen molar-refractivity contribution in [3.05, 3.63) is 0 Å². The van der Waals surface area contributed by atoms with Crippen molar-refractivity contribution >= 4 is 5.97 Å². The summed E-state index contributed by atoms with van der Waals surface area (Å²) in [5.41, 5.74) is 0. The van der Waals surface area contributed by atoms with Gasteiger partial charge in [0.2, 0.25) is 0 Å². The summed E-state index contributed by atoms with van der Waals surface area (Å²) in [5, 5.41) is 78.6. The van der Waals surface area contributed by atoms with Gasteiger partial charge in [-0.3, -0.25) is 0 Å². The summed E-state index contributed by atoms with van der Waals surface area (Å²) in [6, 6.07) is 0. The molecule has 0 amide bonds. The van der Waals surface area contributed by atoms with Gasteiger partial charge in [-0.2, -0.15) is 0 Å². The van der Waals surface area contributed by atoms with Gasteiger partial charge in [0.25, 0.3) is 0 Å². The zero-order valence-electron chi connectivity index (χ0n) is 15.6. The first-order chi connectivity index (χ1) is 14.1. The van der Waals surface area contributed by atoms with Crippen LogP contribution >= 0.6 is 0 Å². The van der Waals surface area contributed by atoms with Crippen LogP contribution in [-0.2, 0) is 28.5 Å². The average Bonchev–Trinajstić information content (AvgIpc) is 2.70. The Kier molecular flexibility index (Phi) is 7.60. The summed E-state index contributed by atoms with van der Waals surface area (Å²) >= 11 is 0. The fraction of sp³-hybridized carbons (Fsp3) is 0.938. The fourth-order valence-electron chi connectivity index (χ4n) is 3.37. The van der Waals surface area contributed by atoms with Crippen molar-refractivity contribution in [2.24, 2.45) is 0 Å². The van der Waals surface area contributed by atoms with E-state index in [0.717, 1.165) is 0 Å². The van der Waals surface area contributed by atoms with Crippen LogP contribution in [0, 0.1) is 0 Å². The van der Waals surface area contributed by atoms with Gasteiger partial charge in [-0.05, 0) is 0 Å². The summed E-state index contributed by atoms with van der Waals surface area (Å²) < 4.78 is 25.9. The van der Waals surface area contributed by atoms with Crippen molar-refractivity contribution < 1.29 is 69.3 Å². The summed E-state index contributed by atoms with van der Waals surface area (Å²) in [5.74, 6) is -1.40. The van der Waals surface area contributed by atoms with Crippen LogP contribution in [0.1, 0.15) is 6.42 Å². The molecule has 3 rings (SSSR count). The van der Waals surface area contributed by atoms with Gasteiger partial charge >= 0.3 is 5.97 Å². The second kappa shape index (κ2) is 9.64. The van der Waals surface area contributed by atoms with E-state index >= 15 is 0 Å². The summed E-state index contributed by atoms with van der Waals surface area (Å²) in [7, 11) is 0. The minimum absolute atomic E-state index is 0.342. The molecule has 0 saturated carbocycles. The van der Waals surface area contributed by atoms with Crippen molar-refractivity contribution in [2.75, 3.05) is 13.2 Å². The van der Waals surface area contributed by atoms with Gasteiger partial charge in [0.1, 0.15) is 42.7 Å². The number of hydrogen-bond donors (Lipinski definition) is 8. The molecule has 0 spiro atoms. The van der Waals surface area contributed by atoms with Crippen molar-refractivity contribution in [1.82, 2.24) is 0 Å². The summed E-state index contributed by atoms with van der Waals surface area (Å²) in [6.45, 7) is -0.715. The van der Waals surface area contributed by atoms with E-state index in [9.17, 15) is 40.5 Å². The molecule has 14 heteroatoms. The van der Waals surface area contributed by atoms with E-state index in [4.69, 9.17) is 28.8 Å². The standard InChI is InChI=1S/C16H26O14/c17-4-1-6(13(23)24)28-16(9(4)20)30-12-10(21)7(3-26-14(12)25)29-15-11(22)8(19)5(18)2-27-15/h4-12,14-22,25H,1-3H2,(H,23,24)/t4-,5+,6+,7+,8-,9+,10-,11+,12+,14+,15-,16+/m0/s1. The smallest absolute Gasteiger partial charge is 0.333 e. The van der Waals surface area contributed by atoms with Crippen molar-refractivity contribution in [3.8, 4) is 0 Å². The molecule has 14 nitrogen and oxygen atoms in total. The van der Waals surface area contributed by atoms with Crippen LogP contribution < -0.4 is 0 Å². The number of carbonyl (C=O) groups is 1. The average molecular weight is 442 g/mol. The maximum Gasteiger partial charge on any atom is 0.333 e. The third-order valence-corrected chi connectivity index (χ3v) is 5.19. The first-order valence-corrected chi connectivity index (χ1v) is 9.29. The van der Waals surface area contributed by atoms with Gasteiger partial charge in [0.05, 0.1) is 19.3 Å². The second-order valence-electron chi connectivity index (χ2n) is 7.36. The predicted octanol–water partition coefficient (Wildman–Crippen LogP) is -5.17. The Bertz CT molecular complexity index is 590. The Balaban J connectivity index is 1.65. The quantitative estimate of drug-likeness (QED) is 0.199. The Morgan fingerprint density at radius 1 is 0.767 bits per heavy atom. The number of hydrogen-bond acceptors (Lipinski definition) is 13. The van der Waals surface area contributed by atoms with Gasteiger partial charge in [0, 0.05) is 6.42 Å². The molecule has 3 saturated heterocycles. The van der Waals surface area contributed by atoms with Crippen LogP contribution in [0.5, 0.6) is 0 Å². The molecule has 3 aliphatic heterocycles. The number of ether oxygens (including phenoxy) is 5. The zero-order valence-corrected chi connectivity index (χ0v) is 15.6. The Hall–Kier alpha value is -1.01. The molecule has 8 N–H and O–H groups in total. The third kappa shape index (κ3) is 4.90. The van der Waals surface area contributed by atoms with Crippen LogP contribution in [0.2, 0.25) is 0 Å². The lowest BCUT2D eigenvalue weighted by Crippen LogP contribution is -2.61. The highest BCUT2D eigenvalue weighted by atomic mass is 16.7. The molecule has 0 aromatic carbocycles. The summed E-state index contributed by atoms with van der Waals surface area (Å²) in [6.07, 6.45) is -18.9. The van der Waals surface area contributed by atoms with E-state index in [-0.39, 0.29) is 19.6 Å². The second-order valence-corrected chi connectivity index (χ2v) is 7.36. The first kappa shape index (κ1) is 23.6. The largest absolute Gasteiger partial charge is 0.479 e. The summed E-state index contributed by atoms with van der Waals surface area (Å²) in [4.78, 5) is 11.1. The number of carboxylic acid groups (broad SMARTS) is 1. The van der Waals surface area contributed by atoms with Crippen LogP contribution in [0.4, 0.5) is 0 Å². The molecule has 0 aromatic heterocycles. The van der Waals surface area contributed by atoms with Crippen molar-refractivity contribution in [3.63, 3.8) is 0 Å². The molecule has 174 valence electrons. The highest BCUT2D eigenvalue weighted by Gasteiger charge is 2.48. The molecule has 0 unspecified atom stereocenters. The van der Waals surface area contributed by atoms with Crippen molar-refractivity contribution in [1.29, 1.82) is 0 Å². The predicted molar refractivity (Wildman–Crippen MR) is 88.4 cm³/mol. The molecule has 12 atom stereocenters. The van der Waals surface area contributed by atoms with E-state index in [0.29, 0.717) is 0 Å². The molecule has 0 radical (unpaired) electrons. The van der Waals surface area contributed by atoms with Crippen LogP contribution in [-0.4, -0.2) is 134 Å². The Labute approximate surface area is 169 Å². The molecule has 0 aliphatic carbocycles. The molecule has 0 bridgehead atoms. The van der Waals surface area contributed by atoms with E-state index in [1.165, 1.54) is 0 Å². The maximum atomic E-state index is 11.1. The lowest BCUT2D eigenvalue weighted by atomic mass is 10.0. The van der Waals surface area contributed by atoms with Crippen LogP contribution in [0.15, 0.2) is 0 Å². The molecule has 3 aliphatic rings. The minimum atomic E-state index is -1.72. The van der Waals surface area contributed by atoms with Gasteiger partial charge in [-0.25, -0.2) is 4.79 Å². The van der Waals surface area contributed by atoms with Gasteiger partial charge in [-0.1, -0.05) is 0 Å². The molecule has 30 heavy (non-hydrogen) atoms. The SMILES string of the molecule is O=C(O)[C@H]1C[C@H](O)[C@@H](O)[C@@H](O[C@@H]2[C@@H](O)[C@H](O[C@@H]3OC[C@@H](O)[C@H](O)[C@H]3O)CO[C@H]2O)O1. The van der Waals surface area contributed by atoms with E-state index in [1.807, 2.05) is 0 Å². The van der Waals surface area contributed by atoms with E-state index in [2.05, 4.69) is 0 Å². The van der Waals surface area contributed by atoms with Gasteiger partial charge < -0.3 is 64.5 Å². The van der Waals surface area contributed by atoms with Gasteiger partial charge in [0.15, 0.2) is 25.0 Å². The first-order valence-electron chi connectivity index (χ1n) is 9.29. The lowest BCUT2D eigenvalue weighted by Gasteiger charge is -2.43. The monoisotopic (exact) mass is 442 g/mol. The lowest BCUT2D eigenvalue weighted by molar-refractivity contribution is -0.356. The molecular weight excluding hydrogens is 416 g/mol. The van der Waals surface area contributed by atoms with E-state index < -0.39 is 79.8 Å². The third-order valence-electron chi connectivity index (χ3n) is 5.19. The Morgan fingerprint density at radius 2 is 1.47 bits per heavy atom. The van der Waals surface area contributed by atoms with Crippen molar-refractivity contribution in [2.45, 2.75) is 80.2 Å². The normalized spacial score (nSPS) is 50.2. The Morgan fingerprint density at radius 3 is 2.13 bits per heavy atom. The fourth-order valence-corrected chi connectivity index (χ4v) is 3.37. The molecule has 3 fully saturated rings. The number of aliphatic carboxylic acids is 1. The maximum absolute atomic E-state index is 11.1. The topological polar surface area (TPSA) is 225 Å². The zero-order chi connectivity index (χ0) is 22.2. The van der Waals surface area contributed by atoms with Crippen LogP contribution in [0.25, 0.3) is 0 Å². The molecule has 3 heterocycles. The molecule has 0 aromatic rings. The number of aliphatic hydroxyl groups is 7. The number of carboxylic acids is 1. The molecular formula is C16H26O14. The van der Waals surface area contributed by atoms with Crippen LogP contribution in [0.3, 0.4) is 0 Å². The highest BCUT2D eigenvalue weighted by Crippen LogP contribution is 2.28. The van der Waals surface area contributed by atoms with Gasteiger partial charge in [-0.15, -0.1) is 0 Å². The minimum Gasteiger partial charge on any atom is -0.479 e.